The van der Waals surface area contributed by atoms with E-state index in [0.29, 0.717) is 30.2 Å². The second-order valence-corrected chi connectivity index (χ2v) is 3.42. The molecule has 1 rings (SSSR count). The van der Waals surface area contributed by atoms with Crippen molar-refractivity contribution >= 4 is 11.5 Å². The van der Waals surface area contributed by atoms with Gasteiger partial charge in [0.05, 0.1) is 23.6 Å². The maximum Gasteiger partial charge on any atom is 0.144 e. The zero-order valence-electron chi connectivity index (χ0n) is 9.53. The van der Waals surface area contributed by atoms with Crippen LogP contribution in [0.15, 0.2) is 12.3 Å². The standard InChI is InChI=1S/C11H16N4O/c1-3-16-8(2)6-14-11-9(5-12)4-10(13)7-15-11/h4,7-8H,3,6,13H2,1-2H3,(H,14,15). The number of pyridine rings is 1. The van der Waals surface area contributed by atoms with Crippen molar-refractivity contribution in [3.63, 3.8) is 0 Å². The van der Waals surface area contributed by atoms with E-state index in [0.717, 1.165) is 0 Å². The molecule has 5 nitrogen and oxygen atoms in total. The number of hydrogen-bond donors (Lipinski definition) is 2. The molecule has 1 atom stereocenters. The maximum atomic E-state index is 8.89. The van der Waals surface area contributed by atoms with Crippen LogP contribution in [-0.4, -0.2) is 24.2 Å². The van der Waals surface area contributed by atoms with Crippen molar-refractivity contribution in [2.45, 2.75) is 20.0 Å². The molecule has 0 aliphatic carbocycles. The van der Waals surface area contributed by atoms with Crippen molar-refractivity contribution in [1.82, 2.24) is 4.98 Å². The van der Waals surface area contributed by atoms with Gasteiger partial charge in [-0.3, -0.25) is 0 Å². The number of nitrogens with one attached hydrogen (secondary N) is 1. The first kappa shape index (κ1) is 12.3. The van der Waals surface area contributed by atoms with Gasteiger partial charge in [0.25, 0.3) is 0 Å². The molecule has 86 valence electrons. The average molecular weight is 220 g/mol. The van der Waals surface area contributed by atoms with Crippen molar-refractivity contribution in [1.29, 1.82) is 5.26 Å². The zero-order chi connectivity index (χ0) is 12.0. The minimum atomic E-state index is 0.0795. The first-order valence-electron chi connectivity index (χ1n) is 5.18. The van der Waals surface area contributed by atoms with E-state index >= 15 is 0 Å². The Morgan fingerprint density at radius 2 is 2.44 bits per heavy atom. The molecule has 5 heteroatoms. The van der Waals surface area contributed by atoms with Gasteiger partial charge in [-0.1, -0.05) is 0 Å². The van der Waals surface area contributed by atoms with E-state index in [9.17, 15) is 0 Å². The van der Waals surface area contributed by atoms with E-state index in [2.05, 4.69) is 10.3 Å². The second-order valence-electron chi connectivity index (χ2n) is 3.42. The third-order valence-corrected chi connectivity index (χ3v) is 2.04. The highest BCUT2D eigenvalue weighted by Gasteiger charge is 2.06. The van der Waals surface area contributed by atoms with Crippen molar-refractivity contribution in [2.75, 3.05) is 24.2 Å². The minimum absolute atomic E-state index is 0.0795. The summed E-state index contributed by atoms with van der Waals surface area (Å²) < 4.78 is 5.36. The molecular weight excluding hydrogens is 204 g/mol. The number of hydrogen-bond acceptors (Lipinski definition) is 5. The number of rotatable bonds is 5. The minimum Gasteiger partial charge on any atom is -0.397 e. The molecule has 0 fully saturated rings. The topological polar surface area (TPSA) is 84.0 Å². The van der Waals surface area contributed by atoms with Crippen LogP contribution in [0.2, 0.25) is 0 Å². The lowest BCUT2D eigenvalue weighted by molar-refractivity contribution is 0.0855. The fourth-order valence-electron chi connectivity index (χ4n) is 1.29. The Morgan fingerprint density at radius 3 is 3.06 bits per heavy atom. The lowest BCUT2D eigenvalue weighted by Gasteiger charge is -2.13. The summed E-state index contributed by atoms with van der Waals surface area (Å²) in [6.45, 7) is 5.18. The third kappa shape index (κ3) is 3.41. The van der Waals surface area contributed by atoms with Gasteiger partial charge in [0.2, 0.25) is 0 Å². The van der Waals surface area contributed by atoms with Crippen LogP contribution < -0.4 is 11.1 Å². The highest BCUT2D eigenvalue weighted by Crippen LogP contribution is 2.14. The van der Waals surface area contributed by atoms with E-state index in [4.69, 9.17) is 15.7 Å². The molecule has 1 aromatic heterocycles. The third-order valence-electron chi connectivity index (χ3n) is 2.04. The molecule has 1 aromatic rings. The lowest BCUT2D eigenvalue weighted by atomic mass is 10.2. The van der Waals surface area contributed by atoms with Gasteiger partial charge in [0.15, 0.2) is 0 Å². The number of anilines is 2. The monoisotopic (exact) mass is 220 g/mol. The number of ether oxygens (including phenoxy) is 1. The van der Waals surface area contributed by atoms with Crippen molar-refractivity contribution in [3.8, 4) is 6.07 Å². The Hall–Kier alpha value is -1.80. The molecule has 0 aliphatic rings. The van der Waals surface area contributed by atoms with Crippen LogP contribution in [0.1, 0.15) is 19.4 Å². The smallest absolute Gasteiger partial charge is 0.144 e. The SMILES string of the molecule is CCOC(C)CNc1ncc(N)cc1C#N. The van der Waals surface area contributed by atoms with Crippen LogP contribution >= 0.6 is 0 Å². The molecule has 0 aliphatic heterocycles. The average Bonchev–Trinajstić information content (AvgIpc) is 2.27. The quantitative estimate of drug-likeness (QED) is 0.783. The van der Waals surface area contributed by atoms with E-state index < -0.39 is 0 Å². The molecule has 1 unspecified atom stereocenters. The summed E-state index contributed by atoms with van der Waals surface area (Å²) in [4.78, 5) is 4.07. The number of nitrogen functional groups attached to an aromatic ring is 1. The first-order valence-corrected chi connectivity index (χ1v) is 5.18. The number of nitriles is 1. The Morgan fingerprint density at radius 1 is 1.69 bits per heavy atom. The summed E-state index contributed by atoms with van der Waals surface area (Å²) in [6, 6.07) is 3.64. The number of aromatic nitrogens is 1. The molecule has 1 heterocycles. The van der Waals surface area contributed by atoms with Gasteiger partial charge in [-0.05, 0) is 19.9 Å². The van der Waals surface area contributed by atoms with Crippen molar-refractivity contribution < 1.29 is 4.74 Å². The van der Waals surface area contributed by atoms with Gasteiger partial charge in [-0.2, -0.15) is 5.26 Å². The van der Waals surface area contributed by atoms with Gasteiger partial charge in [-0.15, -0.1) is 0 Å². The molecule has 0 radical (unpaired) electrons. The molecule has 0 aromatic carbocycles. The summed E-state index contributed by atoms with van der Waals surface area (Å²) in [6.07, 6.45) is 1.60. The molecule has 3 N–H and O–H groups in total. The number of nitrogens with zero attached hydrogens (tertiary/aromatic N) is 2. The Labute approximate surface area is 95.2 Å². The fraction of sp³-hybridized carbons (Fsp3) is 0.455. The largest absolute Gasteiger partial charge is 0.397 e. The van der Waals surface area contributed by atoms with Crippen LogP contribution in [0.3, 0.4) is 0 Å². The van der Waals surface area contributed by atoms with Gasteiger partial charge in [0, 0.05) is 13.2 Å². The lowest BCUT2D eigenvalue weighted by Crippen LogP contribution is -2.20. The van der Waals surface area contributed by atoms with Gasteiger partial charge >= 0.3 is 0 Å². The summed E-state index contributed by atoms with van der Waals surface area (Å²) in [7, 11) is 0. The summed E-state index contributed by atoms with van der Waals surface area (Å²) in [5.74, 6) is 0.545. The molecule has 0 spiro atoms. The van der Waals surface area contributed by atoms with Gasteiger partial charge < -0.3 is 15.8 Å². The van der Waals surface area contributed by atoms with Gasteiger partial charge in [0.1, 0.15) is 11.9 Å². The van der Waals surface area contributed by atoms with E-state index in [1.807, 2.05) is 19.9 Å². The molecule has 0 amide bonds. The van der Waals surface area contributed by atoms with Crippen molar-refractivity contribution in [2.24, 2.45) is 0 Å². The maximum absolute atomic E-state index is 8.89. The van der Waals surface area contributed by atoms with Crippen LogP contribution in [0.25, 0.3) is 0 Å². The van der Waals surface area contributed by atoms with Crippen LogP contribution in [-0.2, 0) is 4.74 Å². The predicted octanol–water partition coefficient (Wildman–Crippen LogP) is 1.37. The normalized spacial score (nSPS) is 11.8. The molecule has 0 bridgehead atoms. The Kier molecular flexibility index (Phi) is 4.55. The van der Waals surface area contributed by atoms with Crippen molar-refractivity contribution in [3.05, 3.63) is 17.8 Å². The molecule has 0 saturated heterocycles. The van der Waals surface area contributed by atoms with E-state index in [1.165, 1.54) is 6.20 Å². The Bertz CT molecular complexity index is 386. The van der Waals surface area contributed by atoms with E-state index in [-0.39, 0.29) is 6.10 Å². The highest BCUT2D eigenvalue weighted by atomic mass is 16.5. The summed E-state index contributed by atoms with van der Waals surface area (Å²) >= 11 is 0. The fourth-order valence-corrected chi connectivity index (χ4v) is 1.29. The van der Waals surface area contributed by atoms with Gasteiger partial charge in [-0.25, -0.2) is 4.98 Å². The first-order chi connectivity index (χ1) is 7.67. The number of nitrogens with two attached hydrogens (primary N) is 1. The molecule has 0 saturated carbocycles. The highest BCUT2D eigenvalue weighted by molar-refractivity contribution is 5.57. The summed E-state index contributed by atoms with van der Waals surface area (Å²) in [5, 5.41) is 12.0. The molecular formula is C11H16N4O. The Balaban J connectivity index is 2.64. The summed E-state index contributed by atoms with van der Waals surface area (Å²) in [5.41, 5.74) is 6.47. The second kappa shape index (κ2) is 5.93. The van der Waals surface area contributed by atoms with Crippen LogP contribution in [0, 0.1) is 11.3 Å². The zero-order valence-corrected chi connectivity index (χ0v) is 9.53. The predicted molar refractivity (Wildman–Crippen MR) is 62.9 cm³/mol. The van der Waals surface area contributed by atoms with Crippen LogP contribution in [0.4, 0.5) is 11.5 Å². The van der Waals surface area contributed by atoms with Crippen LogP contribution in [0.5, 0.6) is 0 Å². The molecule has 16 heavy (non-hydrogen) atoms. The van der Waals surface area contributed by atoms with E-state index in [1.54, 1.807) is 6.07 Å².